The topological polar surface area (TPSA) is 71.3 Å². The lowest BCUT2D eigenvalue weighted by Crippen LogP contribution is -2.19. The van der Waals surface area contributed by atoms with E-state index in [-0.39, 0.29) is 16.9 Å². The minimum absolute atomic E-state index is 0.00959. The summed E-state index contributed by atoms with van der Waals surface area (Å²) in [4.78, 5) is 22.7. The minimum atomic E-state index is -4.45. The van der Waals surface area contributed by atoms with Gasteiger partial charge in [0.25, 0.3) is 5.56 Å². The first-order chi connectivity index (χ1) is 10.2. The smallest absolute Gasteiger partial charge is 0.416 e. The van der Waals surface area contributed by atoms with Crippen LogP contribution in [0.15, 0.2) is 41.3 Å². The first-order valence-electron chi connectivity index (χ1n) is 6.07. The van der Waals surface area contributed by atoms with Crippen LogP contribution in [0.3, 0.4) is 0 Å². The van der Waals surface area contributed by atoms with Crippen LogP contribution in [0, 0.1) is 0 Å². The molecule has 0 aliphatic rings. The highest BCUT2D eigenvalue weighted by Crippen LogP contribution is 2.30. The van der Waals surface area contributed by atoms with Gasteiger partial charge in [0.15, 0.2) is 0 Å². The van der Waals surface area contributed by atoms with Crippen molar-refractivity contribution in [1.29, 1.82) is 0 Å². The summed E-state index contributed by atoms with van der Waals surface area (Å²) in [5.41, 5.74) is -1.18. The number of pyridine rings is 1. The fourth-order valence-electron chi connectivity index (χ4n) is 1.80. The van der Waals surface area contributed by atoms with Crippen LogP contribution in [-0.4, -0.2) is 15.6 Å². The number of alkyl halides is 3. The molecule has 0 unspecified atom stereocenters. The van der Waals surface area contributed by atoms with E-state index in [2.05, 4.69) is 5.32 Å². The zero-order valence-corrected chi connectivity index (χ0v) is 11.3. The van der Waals surface area contributed by atoms with Crippen LogP contribution in [-0.2, 0) is 13.2 Å². The second-order valence-corrected chi connectivity index (χ2v) is 4.56. The van der Waals surface area contributed by atoms with Crippen LogP contribution < -0.4 is 10.9 Å². The van der Waals surface area contributed by atoms with Gasteiger partial charge in [-0.1, -0.05) is 0 Å². The minimum Gasteiger partial charge on any atom is -0.478 e. The van der Waals surface area contributed by atoms with Crippen molar-refractivity contribution in [2.24, 2.45) is 7.05 Å². The molecule has 1 aromatic heterocycles. The predicted molar refractivity (Wildman–Crippen MR) is 73.4 cm³/mol. The number of nitrogens with one attached hydrogen (secondary N) is 1. The number of nitrogens with zero attached hydrogens (tertiary/aromatic N) is 1. The Morgan fingerprint density at radius 1 is 1.23 bits per heavy atom. The summed E-state index contributed by atoms with van der Waals surface area (Å²) in [6.45, 7) is 0. The maximum absolute atomic E-state index is 12.5. The molecule has 0 atom stereocenters. The van der Waals surface area contributed by atoms with Crippen LogP contribution >= 0.6 is 0 Å². The number of anilines is 2. The Balaban J connectivity index is 2.37. The number of aromatic carboxylic acids is 1. The number of benzene rings is 1. The number of carboxylic acid groups (broad SMARTS) is 1. The van der Waals surface area contributed by atoms with Crippen molar-refractivity contribution in [3.05, 3.63) is 58.0 Å². The van der Waals surface area contributed by atoms with E-state index in [0.29, 0.717) is 0 Å². The molecule has 0 bridgehead atoms. The highest BCUT2D eigenvalue weighted by molar-refractivity contribution is 5.94. The number of carboxylic acids is 1. The van der Waals surface area contributed by atoms with Crippen molar-refractivity contribution < 1.29 is 23.1 Å². The third-order valence-corrected chi connectivity index (χ3v) is 2.95. The molecule has 2 aromatic rings. The Morgan fingerprint density at radius 2 is 1.82 bits per heavy atom. The Bertz CT molecular complexity index is 764. The molecule has 0 saturated heterocycles. The van der Waals surface area contributed by atoms with Crippen LogP contribution in [0.4, 0.5) is 24.5 Å². The van der Waals surface area contributed by atoms with Gasteiger partial charge in [0.05, 0.1) is 16.8 Å². The largest absolute Gasteiger partial charge is 0.478 e. The lowest BCUT2D eigenvalue weighted by molar-refractivity contribution is -0.137. The maximum atomic E-state index is 12.5. The van der Waals surface area contributed by atoms with Crippen molar-refractivity contribution in [1.82, 2.24) is 4.57 Å². The standard InChI is InChI=1S/C14H11F3N2O3/c1-19-7-10(13(21)22)11(6-12(19)20)18-9-4-2-8(3-5-9)14(15,16)17/h2-7,18H,1H3,(H,21,22). The van der Waals surface area contributed by atoms with E-state index in [0.717, 1.165) is 41.1 Å². The molecule has 0 aliphatic heterocycles. The molecule has 0 radical (unpaired) electrons. The highest BCUT2D eigenvalue weighted by atomic mass is 19.4. The van der Waals surface area contributed by atoms with Crippen LogP contribution in [0.5, 0.6) is 0 Å². The normalized spacial score (nSPS) is 11.3. The second-order valence-electron chi connectivity index (χ2n) is 4.56. The summed E-state index contributed by atoms with van der Waals surface area (Å²) in [5, 5.41) is 11.7. The zero-order chi connectivity index (χ0) is 16.5. The van der Waals surface area contributed by atoms with Gasteiger partial charge in [0.1, 0.15) is 0 Å². The fourth-order valence-corrected chi connectivity index (χ4v) is 1.80. The van der Waals surface area contributed by atoms with Crippen LogP contribution in [0.2, 0.25) is 0 Å². The summed E-state index contributed by atoms with van der Waals surface area (Å²) >= 11 is 0. The molecule has 8 heteroatoms. The number of hydrogen-bond acceptors (Lipinski definition) is 3. The molecular weight excluding hydrogens is 301 g/mol. The Hall–Kier alpha value is -2.77. The molecule has 0 amide bonds. The third-order valence-electron chi connectivity index (χ3n) is 2.95. The molecule has 22 heavy (non-hydrogen) atoms. The van der Waals surface area contributed by atoms with E-state index in [1.807, 2.05) is 0 Å². The Labute approximate surface area is 122 Å². The molecule has 2 N–H and O–H groups in total. The number of aryl methyl sites for hydroxylation is 1. The molecule has 2 rings (SSSR count). The van der Waals surface area contributed by atoms with Gasteiger partial charge < -0.3 is 15.0 Å². The molecule has 0 spiro atoms. The lowest BCUT2D eigenvalue weighted by atomic mass is 10.2. The van der Waals surface area contributed by atoms with E-state index >= 15 is 0 Å². The van der Waals surface area contributed by atoms with Crippen molar-refractivity contribution in [2.75, 3.05) is 5.32 Å². The molecule has 1 heterocycles. The summed E-state index contributed by atoms with van der Waals surface area (Å²) in [6, 6.07) is 5.12. The van der Waals surface area contributed by atoms with Crippen molar-refractivity contribution >= 4 is 17.3 Å². The lowest BCUT2D eigenvalue weighted by Gasteiger charge is -2.12. The molecule has 0 aliphatic carbocycles. The van der Waals surface area contributed by atoms with Gasteiger partial charge in [-0.3, -0.25) is 4.79 Å². The van der Waals surface area contributed by atoms with E-state index in [1.165, 1.54) is 7.05 Å². The van der Waals surface area contributed by atoms with E-state index in [4.69, 9.17) is 5.11 Å². The predicted octanol–water partition coefficient (Wildman–Crippen LogP) is 2.85. The third kappa shape index (κ3) is 3.27. The van der Waals surface area contributed by atoms with E-state index in [9.17, 15) is 22.8 Å². The second kappa shape index (κ2) is 5.55. The molecule has 0 fully saturated rings. The molecule has 116 valence electrons. The Kier molecular flexibility index (Phi) is 3.94. The quantitative estimate of drug-likeness (QED) is 0.914. The number of carbonyl (C=O) groups is 1. The average Bonchev–Trinajstić information content (AvgIpc) is 2.42. The van der Waals surface area contributed by atoms with Gasteiger partial charge in [-0.15, -0.1) is 0 Å². The maximum Gasteiger partial charge on any atom is 0.416 e. The summed E-state index contributed by atoms with van der Waals surface area (Å²) in [6.07, 6.45) is -3.31. The van der Waals surface area contributed by atoms with Crippen molar-refractivity contribution in [3.63, 3.8) is 0 Å². The van der Waals surface area contributed by atoms with Gasteiger partial charge in [-0.2, -0.15) is 13.2 Å². The highest BCUT2D eigenvalue weighted by Gasteiger charge is 2.29. The van der Waals surface area contributed by atoms with Crippen LogP contribution in [0.1, 0.15) is 15.9 Å². The van der Waals surface area contributed by atoms with Crippen molar-refractivity contribution in [3.8, 4) is 0 Å². The van der Waals surface area contributed by atoms with Gasteiger partial charge >= 0.3 is 12.1 Å². The van der Waals surface area contributed by atoms with Crippen LogP contribution in [0.25, 0.3) is 0 Å². The SMILES string of the molecule is Cn1cc(C(=O)O)c(Nc2ccc(C(F)(F)F)cc2)cc1=O. The summed E-state index contributed by atoms with van der Waals surface area (Å²) in [5.74, 6) is -1.26. The van der Waals surface area contributed by atoms with Gasteiger partial charge in [-0.25, -0.2) is 4.79 Å². The van der Waals surface area contributed by atoms with Crippen molar-refractivity contribution in [2.45, 2.75) is 6.18 Å². The first kappa shape index (κ1) is 15.6. The van der Waals surface area contributed by atoms with Gasteiger partial charge in [0.2, 0.25) is 0 Å². The molecular formula is C14H11F3N2O3. The summed E-state index contributed by atoms with van der Waals surface area (Å²) in [7, 11) is 1.40. The molecule has 0 saturated carbocycles. The number of rotatable bonds is 3. The van der Waals surface area contributed by atoms with Gasteiger partial charge in [0, 0.05) is 25.0 Å². The number of hydrogen-bond donors (Lipinski definition) is 2. The van der Waals surface area contributed by atoms with E-state index in [1.54, 1.807) is 0 Å². The summed E-state index contributed by atoms with van der Waals surface area (Å²) < 4.78 is 38.5. The molecule has 1 aromatic carbocycles. The number of aromatic nitrogens is 1. The average molecular weight is 312 g/mol. The zero-order valence-electron chi connectivity index (χ0n) is 11.3. The monoisotopic (exact) mass is 312 g/mol. The molecule has 5 nitrogen and oxygen atoms in total. The fraction of sp³-hybridized carbons (Fsp3) is 0.143. The Morgan fingerprint density at radius 3 is 2.32 bits per heavy atom. The number of halogens is 3. The van der Waals surface area contributed by atoms with E-state index < -0.39 is 23.3 Å². The van der Waals surface area contributed by atoms with Gasteiger partial charge in [-0.05, 0) is 24.3 Å². The first-order valence-corrected chi connectivity index (χ1v) is 6.07.